The maximum Gasteiger partial charge on any atom is 0.242 e. The second kappa shape index (κ2) is 8.63. The molecule has 1 aromatic rings. The molecule has 23 heavy (non-hydrogen) atoms. The molecule has 6 nitrogen and oxygen atoms in total. The quantitative estimate of drug-likeness (QED) is 0.823. The van der Waals surface area contributed by atoms with Crippen molar-refractivity contribution >= 4 is 28.3 Å². The van der Waals surface area contributed by atoms with E-state index in [1.165, 1.54) is 18.4 Å². The molecule has 1 fully saturated rings. The standard InChI is InChI=1S/C15H23N3O3S.ClH/c1-18(2)22(20,21)13-8-6-12(7-9-13)11-17-15(19)14-5-3-4-10-16-14;/h6-9,14,16H,3-5,10-11H2,1-2H3,(H,17,19);1H. The Morgan fingerprint density at radius 3 is 2.43 bits per heavy atom. The van der Waals surface area contributed by atoms with Crippen LogP contribution in [0, 0.1) is 0 Å². The number of hydrogen-bond donors (Lipinski definition) is 2. The molecule has 0 aliphatic carbocycles. The summed E-state index contributed by atoms with van der Waals surface area (Å²) in [4.78, 5) is 12.3. The van der Waals surface area contributed by atoms with Crippen molar-refractivity contribution in [3.05, 3.63) is 29.8 Å². The molecule has 8 heteroatoms. The molecule has 1 amide bonds. The Bertz CT molecular complexity index is 611. The van der Waals surface area contributed by atoms with Gasteiger partial charge in [0.1, 0.15) is 0 Å². The van der Waals surface area contributed by atoms with Crippen molar-refractivity contribution in [2.24, 2.45) is 0 Å². The lowest BCUT2D eigenvalue weighted by Gasteiger charge is -2.22. The number of nitrogens with one attached hydrogen (secondary N) is 2. The van der Waals surface area contributed by atoms with Gasteiger partial charge in [0.25, 0.3) is 0 Å². The SMILES string of the molecule is CN(C)S(=O)(=O)c1ccc(CNC(=O)C2CCCCN2)cc1.Cl. The van der Waals surface area contributed by atoms with E-state index in [0.717, 1.165) is 31.4 Å². The van der Waals surface area contributed by atoms with Crippen LogP contribution in [0.25, 0.3) is 0 Å². The molecule has 1 aliphatic rings. The monoisotopic (exact) mass is 361 g/mol. The van der Waals surface area contributed by atoms with Crippen LogP contribution in [0.2, 0.25) is 0 Å². The highest BCUT2D eigenvalue weighted by atomic mass is 35.5. The number of rotatable bonds is 5. The number of halogens is 1. The topological polar surface area (TPSA) is 78.5 Å². The summed E-state index contributed by atoms with van der Waals surface area (Å²) in [5.74, 6) is 0.00434. The molecule has 130 valence electrons. The van der Waals surface area contributed by atoms with Crippen LogP contribution < -0.4 is 10.6 Å². The van der Waals surface area contributed by atoms with Gasteiger partial charge in [-0.2, -0.15) is 0 Å². The zero-order valence-electron chi connectivity index (χ0n) is 13.4. The third kappa shape index (κ3) is 5.17. The van der Waals surface area contributed by atoms with Crippen molar-refractivity contribution in [3.8, 4) is 0 Å². The van der Waals surface area contributed by atoms with Crippen molar-refractivity contribution in [3.63, 3.8) is 0 Å². The lowest BCUT2D eigenvalue weighted by molar-refractivity contribution is -0.123. The summed E-state index contributed by atoms with van der Waals surface area (Å²) >= 11 is 0. The van der Waals surface area contributed by atoms with Crippen molar-refractivity contribution in [1.29, 1.82) is 0 Å². The van der Waals surface area contributed by atoms with Gasteiger partial charge in [0, 0.05) is 20.6 Å². The van der Waals surface area contributed by atoms with E-state index in [1.54, 1.807) is 24.3 Å². The average Bonchev–Trinajstić information content (AvgIpc) is 2.53. The predicted octanol–water partition coefficient (Wildman–Crippen LogP) is 1.12. The first kappa shape index (κ1) is 19.9. The Morgan fingerprint density at radius 1 is 1.26 bits per heavy atom. The minimum Gasteiger partial charge on any atom is -0.351 e. The highest BCUT2D eigenvalue weighted by Crippen LogP contribution is 2.14. The van der Waals surface area contributed by atoms with E-state index in [0.29, 0.717) is 6.54 Å². The van der Waals surface area contributed by atoms with Gasteiger partial charge in [0.2, 0.25) is 15.9 Å². The minimum absolute atomic E-state index is 0. The summed E-state index contributed by atoms with van der Waals surface area (Å²) in [6.45, 7) is 1.29. The average molecular weight is 362 g/mol. The van der Waals surface area contributed by atoms with Gasteiger partial charge >= 0.3 is 0 Å². The Kier molecular flexibility index (Phi) is 7.47. The Labute approximate surface area is 144 Å². The molecule has 2 N–H and O–H groups in total. The second-order valence-electron chi connectivity index (χ2n) is 5.65. The molecule has 1 unspecified atom stereocenters. The molecule has 1 aliphatic heterocycles. The van der Waals surface area contributed by atoms with Gasteiger partial charge in [-0.05, 0) is 37.1 Å². The number of amides is 1. The minimum atomic E-state index is -3.41. The first-order valence-corrected chi connectivity index (χ1v) is 8.88. The number of benzene rings is 1. The summed E-state index contributed by atoms with van der Waals surface area (Å²) in [7, 11) is -0.405. The molecule has 0 saturated carbocycles. The van der Waals surface area contributed by atoms with Gasteiger partial charge in [-0.1, -0.05) is 18.6 Å². The van der Waals surface area contributed by atoms with Crippen molar-refractivity contribution in [2.45, 2.75) is 36.7 Å². The van der Waals surface area contributed by atoms with Gasteiger partial charge in [-0.25, -0.2) is 12.7 Å². The fourth-order valence-electron chi connectivity index (χ4n) is 2.38. The number of hydrogen-bond acceptors (Lipinski definition) is 4. The normalized spacial score (nSPS) is 18.3. The van der Waals surface area contributed by atoms with Gasteiger partial charge in [0.05, 0.1) is 10.9 Å². The Balaban J connectivity index is 0.00000264. The molecule has 1 atom stereocenters. The van der Waals surface area contributed by atoms with E-state index in [1.807, 2.05) is 0 Å². The number of nitrogens with zero attached hydrogens (tertiary/aromatic N) is 1. The van der Waals surface area contributed by atoms with Crippen LogP contribution in [0.4, 0.5) is 0 Å². The van der Waals surface area contributed by atoms with Crippen LogP contribution in [0.15, 0.2) is 29.2 Å². The summed E-state index contributed by atoms with van der Waals surface area (Å²) in [5, 5.41) is 6.09. The lowest BCUT2D eigenvalue weighted by atomic mass is 10.0. The van der Waals surface area contributed by atoms with E-state index in [4.69, 9.17) is 0 Å². The Morgan fingerprint density at radius 2 is 1.91 bits per heavy atom. The highest BCUT2D eigenvalue weighted by molar-refractivity contribution is 7.89. The van der Waals surface area contributed by atoms with Gasteiger partial charge < -0.3 is 10.6 Å². The fourth-order valence-corrected chi connectivity index (χ4v) is 3.28. The fraction of sp³-hybridized carbons (Fsp3) is 0.533. The van der Waals surface area contributed by atoms with E-state index >= 15 is 0 Å². The third-order valence-electron chi connectivity index (χ3n) is 3.80. The molecule has 2 rings (SSSR count). The molecule has 1 saturated heterocycles. The van der Waals surface area contributed by atoms with Gasteiger partial charge in [-0.15, -0.1) is 12.4 Å². The van der Waals surface area contributed by atoms with Crippen LogP contribution in [-0.4, -0.2) is 45.3 Å². The molecule has 0 radical (unpaired) electrons. The van der Waals surface area contributed by atoms with Crippen molar-refractivity contribution in [1.82, 2.24) is 14.9 Å². The van der Waals surface area contributed by atoms with Crippen LogP contribution in [0.3, 0.4) is 0 Å². The smallest absolute Gasteiger partial charge is 0.242 e. The van der Waals surface area contributed by atoms with Crippen LogP contribution in [-0.2, 0) is 21.4 Å². The Hall–Kier alpha value is -1.15. The van der Waals surface area contributed by atoms with Gasteiger partial charge in [-0.3, -0.25) is 4.79 Å². The molecule has 0 aromatic heterocycles. The van der Waals surface area contributed by atoms with Crippen molar-refractivity contribution in [2.75, 3.05) is 20.6 Å². The number of sulfonamides is 1. The summed E-state index contributed by atoms with van der Waals surface area (Å²) in [5.41, 5.74) is 0.877. The van der Waals surface area contributed by atoms with Crippen LogP contribution in [0.5, 0.6) is 0 Å². The van der Waals surface area contributed by atoms with Crippen LogP contribution >= 0.6 is 12.4 Å². The summed E-state index contributed by atoms with van der Waals surface area (Å²) in [6.07, 6.45) is 3.06. The summed E-state index contributed by atoms with van der Waals surface area (Å²) in [6, 6.07) is 6.48. The van der Waals surface area contributed by atoms with Gasteiger partial charge in [0.15, 0.2) is 0 Å². The number of carbonyl (C=O) groups is 1. The molecular weight excluding hydrogens is 338 g/mol. The van der Waals surface area contributed by atoms with E-state index in [9.17, 15) is 13.2 Å². The first-order valence-electron chi connectivity index (χ1n) is 7.44. The lowest BCUT2D eigenvalue weighted by Crippen LogP contribution is -2.46. The predicted molar refractivity (Wildman–Crippen MR) is 92.1 cm³/mol. The molecule has 0 spiro atoms. The molecule has 0 bridgehead atoms. The second-order valence-corrected chi connectivity index (χ2v) is 7.80. The largest absolute Gasteiger partial charge is 0.351 e. The molecule has 1 heterocycles. The number of carbonyl (C=O) groups excluding carboxylic acids is 1. The first-order chi connectivity index (χ1) is 10.4. The zero-order chi connectivity index (χ0) is 16.2. The molecule has 1 aromatic carbocycles. The van der Waals surface area contributed by atoms with E-state index in [-0.39, 0.29) is 29.3 Å². The maximum atomic E-state index is 12.0. The molecular formula is C15H24ClN3O3S. The zero-order valence-corrected chi connectivity index (χ0v) is 15.0. The number of piperidine rings is 1. The third-order valence-corrected chi connectivity index (χ3v) is 5.62. The van der Waals surface area contributed by atoms with E-state index < -0.39 is 10.0 Å². The highest BCUT2D eigenvalue weighted by Gasteiger charge is 2.20. The van der Waals surface area contributed by atoms with E-state index in [2.05, 4.69) is 10.6 Å². The maximum absolute atomic E-state index is 12.0. The van der Waals surface area contributed by atoms with Crippen LogP contribution in [0.1, 0.15) is 24.8 Å². The van der Waals surface area contributed by atoms with Crippen molar-refractivity contribution < 1.29 is 13.2 Å². The summed E-state index contributed by atoms with van der Waals surface area (Å²) < 4.78 is 25.1.